The fourth-order valence-corrected chi connectivity index (χ4v) is 1.91. The third-order valence-electron chi connectivity index (χ3n) is 2.86. The Labute approximate surface area is 86.0 Å². The summed E-state index contributed by atoms with van der Waals surface area (Å²) < 4.78 is 5.18. The molecule has 2 N–H and O–H groups in total. The smallest absolute Gasteiger partial charge is 0.310 e. The molecule has 1 rings (SSSR count). The zero-order valence-corrected chi connectivity index (χ0v) is 9.00. The highest BCUT2D eigenvalue weighted by Crippen LogP contribution is 2.25. The highest BCUT2D eigenvalue weighted by Gasteiger charge is 2.31. The van der Waals surface area contributed by atoms with Crippen LogP contribution in [0.2, 0.25) is 0 Å². The van der Waals surface area contributed by atoms with Crippen LogP contribution in [0.1, 0.15) is 45.4 Å². The monoisotopic (exact) mass is 199 g/mol. The molecule has 0 bridgehead atoms. The van der Waals surface area contributed by atoms with Crippen molar-refractivity contribution < 1.29 is 9.53 Å². The van der Waals surface area contributed by atoms with Crippen molar-refractivity contribution in [1.29, 1.82) is 0 Å². The van der Waals surface area contributed by atoms with Crippen LogP contribution in [0.25, 0.3) is 0 Å². The van der Waals surface area contributed by atoms with Crippen LogP contribution in [0.5, 0.6) is 0 Å². The summed E-state index contributed by atoms with van der Waals surface area (Å²) in [5.41, 5.74) is 5.81. The normalized spacial score (nSPS) is 26.4. The molecule has 0 aromatic heterocycles. The van der Waals surface area contributed by atoms with Crippen molar-refractivity contribution in [3.8, 4) is 0 Å². The van der Waals surface area contributed by atoms with Gasteiger partial charge in [-0.05, 0) is 19.3 Å². The van der Waals surface area contributed by atoms with E-state index < -0.39 is 0 Å². The van der Waals surface area contributed by atoms with Gasteiger partial charge >= 0.3 is 5.97 Å². The predicted molar refractivity (Wildman–Crippen MR) is 55.8 cm³/mol. The van der Waals surface area contributed by atoms with Crippen molar-refractivity contribution in [1.82, 2.24) is 0 Å². The van der Waals surface area contributed by atoms with Crippen LogP contribution in [0, 0.1) is 5.92 Å². The topological polar surface area (TPSA) is 52.3 Å². The number of ether oxygens (including phenoxy) is 1. The predicted octanol–water partition coefficient (Wildman–Crippen LogP) is 1.85. The van der Waals surface area contributed by atoms with Gasteiger partial charge in [0.25, 0.3) is 0 Å². The van der Waals surface area contributed by atoms with Crippen LogP contribution in [-0.2, 0) is 9.53 Å². The molecule has 2 atom stereocenters. The summed E-state index contributed by atoms with van der Waals surface area (Å²) >= 11 is 0. The first kappa shape index (κ1) is 11.5. The Morgan fingerprint density at radius 1 is 1.43 bits per heavy atom. The van der Waals surface area contributed by atoms with Gasteiger partial charge in [0, 0.05) is 6.04 Å². The molecule has 3 heteroatoms. The maximum Gasteiger partial charge on any atom is 0.310 e. The highest BCUT2D eigenvalue weighted by atomic mass is 16.5. The Bertz CT molecular complexity index is 182. The van der Waals surface area contributed by atoms with Gasteiger partial charge in [-0.1, -0.05) is 26.2 Å². The van der Waals surface area contributed by atoms with E-state index in [1.807, 2.05) is 0 Å². The lowest BCUT2D eigenvalue weighted by molar-refractivity contribution is -0.148. The fourth-order valence-electron chi connectivity index (χ4n) is 1.91. The lowest BCUT2D eigenvalue weighted by atomic mass is 10.1. The summed E-state index contributed by atoms with van der Waals surface area (Å²) in [6, 6.07) is 0.0358. The molecule has 0 aliphatic heterocycles. The van der Waals surface area contributed by atoms with Gasteiger partial charge in [-0.2, -0.15) is 0 Å². The Kier molecular flexibility index (Phi) is 4.94. The number of nitrogens with two attached hydrogens (primary N) is 1. The second-order valence-corrected chi connectivity index (χ2v) is 4.08. The molecule has 2 unspecified atom stereocenters. The molecule has 3 nitrogen and oxygen atoms in total. The van der Waals surface area contributed by atoms with Crippen molar-refractivity contribution in [3.63, 3.8) is 0 Å². The van der Waals surface area contributed by atoms with E-state index >= 15 is 0 Å². The number of unbranched alkanes of at least 4 members (excludes halogenated alkanes) is 2. The summed E-state index contributed by atoms with van der Waals surface area (Å²) in [5.74, 6) is -0.109. The zero-order valence-electron chi connectivity index (χ0n) is 9.00. The minimum absolute atomic E-state index is 0.0309. The molecule has 1 aliphatic carbocycles. The third kappa shape index (κ3) is 3.29. The fraction of sp³-hybridized carbons (Fsp3) is 0.909. The van der Waals surface area contributed by atoms with E-state index in [0.717, 1.165) is 38.5 Å². The maximum atomic E-state index is 11.5. The van der Waals surface area contributed by atoms with Crippen LogP contribution < -0.4 is 5.73 Å². The van der Waals surface area contributed by atoms with Crippen LogP contribution >= 0.6 is 0 Å². The lowest BCUT2D eigenvalue weighted by Gasteiger charge is -2.13. The summed E-state index contributed by atoms with van der Waals surface area (Å²) in [7, 11) is 0. The van der Waals surface area contributed by atoms with Crippen molar-refractivity contribution >= 4 is 5.97 Å². The molecule has 0 aromatic rings. The summed E-state index contributed by atoms with van der Waals surface area (Å²) in [4.78, 5) is 11.5. The molecule has 0 aromatic carbocycles. The molecule has 0 spiro atoms. The Morgan fingerprint density at radius 3 is 2.79 bits per heavy atom. The molecule has 0 amide bonds. The van der Waals surface area contributed by atoms with E-state index in [1.165, 1.54) is 0 Å². The summed E-state index contributed by atoms with van der Waals surface area (Å²) in [5, 5.41) is 0. The van der Waals surface area contributed by atoms with Gasteiger partial charge < -0.3 is 10.5 Å². The largest absolute Gasteiger partial charge is 0.465 e. The van der Waals surface area contributed by atoms with Crippen molar-refractivity contribution in [3.05, 3.63) is 0 Å². The number of hydrogen-bond acceptors (Lipinski definition) is 3. The van der Waals surface area contributed by atoms with Crippen molar-refractivity contribution in [2.24, 2.45) is 11.7 Å². The molecule has 1 aliphatic rings. The molecule has 0 radical (unpaired) electrons. The van der Waals surface area contributed by atoms with Crippen LogP contribution in [-0.4, -0.2) is 18.6 Å². The second kappa shape index (κ2) is 6.02. The number of carbonyl (C=O) groups is 1. The maximum absolute atomic E-state index is 11.5. The first-order valence-corrected chi connectivity index (χ1v) is 5.68. The summed E-state index contributed by atoms with van der Waals surface area (Å²) in [6.45, 7) is 2.70. The molecule has 1 fully saturated rings. The minimum Gasteiger partial charge on any atom is -0.465 e. The molecule has 1 saturated carbocycles. The Hall–Kier alpha value is -0.570. The first-order valence-electron chi connectivity index (χ1n) is 5.68. The number of esters is 1. The second-order valence-electron chi connectivity index (χ2n) is 4.08. The Morgan fingerprint density at radius 2 is 2.21 bits per heavy atom. The van der Waals surface area contributed by atoms with E-state index in [-0.39, 0.29) is 17.9 Å². The van der Waals surface area contributed by atoms with Crippen LogP contribution in [0.3, 0.4) is 0 Å². The molecule has 0 heterocycles. The van der Waals surface area contributed by atoms with Gasteiger partial charge in [0.1, 0.15) is 0 Å². The number of hydrogen-bond donors (Lipinski definition) is 1. The van der Waals surface area contributed by atoms with Gasteiger partial charge in [0.2, 0.25) is 0 Å². The van der Waals surface area contributed by atoms with E-state index in [4.69, 9.17) is 10.5 Å². The quantitative estimate of drug-likeness (QED) is 0.543. The molecule has 0 saturated heterocycles. The van der Waals surface area contributed by atoms with Gasteiger partial charge in [0.05, 0.1) is 12.5 Å². The van der Waals surface area contributed by atoms with Crippen LogP contribution in [0.4, 0.5) is 0 Å². The Balaban J connectivity index is 2.14. The SMILES string of the molecule is CCCCCOC(=O)C1CCCC1N. The van der Waals surface area contributed by atoms with E-state index in [2.05, 4.69) is 6.92 Å². The average molecular weight is 199 g/mol. The first-order chi connectivity index (χ1) is 6.75. The van der Waals surface area contributed by atoms with Crippen molar-refractivity contribution in [2.45, 2.75) is 51.5 Å². The van der Waals surface area contributed by atoms with E-state index in [1.54, 1.807) is 0 Å². The minimum atomic E-state index is -0.0777. The van der Waals surface area contributed by atoms with Gasteiger partial charge in [0.15, 0.2) is 0 Å². The zero-order chi connectivity index (χ0) is 10.4. The lowest BCUT2D eigenvalue weighted by Crippen LogP contribution is -2.32. The van der Waals surface area contributed by atoms with Crippen molar-refractivity contribution in [2.75, 3.05) is 6.61 Å². The van der Waals surface area contributed by atoms with E-state index in [0.29, 0.717) is 6.61 Å². The van der Waals surface area contributed by atoms with Gasteiger partial charge in [-0.25, -0.2) is 0 Å². The molecule has 82 valence electrons. The standard InChI is InChI=1S/C11H21NO2/c1-2-3-4-8-14-11(13)9-6-5-7-10(9)12/h9-10H,2-8,12H2,1H3. The third-order valence-corrected chi connectivity index (χ3v) is 2.86. The van der Waals surface area contributed by atoms with E-state index in [9.17, 15) is 4.79 Å². The number of rotatable bonds is 5. The van der Waals surface area contributed by atoms with Gasteiger partial charge in [-0.3, -0.25) is 4.79 Å². The highest BCUT2D eigenvalue weighted by molar-refractivity contribution is 5.73. The molecular weight excluding hydrogens is 178 g/mol. The average Bonchev–Trinajstić information content (AvgIpc) is 2.59. The molecule has 14 heavy (non-hydrogen) atoms. The number of carbonyl (C=O) groups excluding carboxylic acids is 1. The summed E-state index contributed by atoms with van der Waals surface area (Å²) in [6.07, 6.45) is 6.20. The molecular formula is C11H21NO2. The van der Waals surface area contributed by atoms with Crippen LogP contribution in [0.15, 0.2) is 0 Å². The van der Waals surface area contributed by atoms with Gasteiger partial charge in [-0.15, -0.1) is 0 Å².